The van der Waals surface area contributed by atoms with Crippen molar-refractivity contribution in [1.82, 2.24) is 29.9 Å². The van der Waals surface area contributed by atoms with Gasteiger partial charge in [-0.25, -0.2) is 4.98 Å². The molecule has 0 unspecified atom stereocenters. The van der Waals surface area contributed by atoms with E-state index in [-0.39, 0.29) is 11.9 Å². The summed E-state index contributed by atoms with van der Waals surface area (Å²) < 4.78 is 7.33. The normalized spacial score (nSPS) is 17.6. The van der Waals surface area contributed by atoms with Crippen molar-refractivity contribution in [1.29, 1.82) is 0 Å². The number of halogens is 1. The number of benzene rings is 1. The van der Waals surface area contributed by atoms with E-state index in [1.807, 2.05) is 15.5 Å². The Bertz CT molecular complexity index is 1060. The summed E-state index contributed by atoms with van der Waals surface area (Å²) >= 11 is 6.15. The summed E-state index contributed by atoms with van der Waals surface area (Å²) in [5, 5.41) is 7.91. The number of rotatable bonds is 5. The van der Waals surface area contributed by atoms with Crippen LogP contribution in [0.4, 0.5) is 0 Å². The molecule has 0 radical (unpaired) electrons. The molecule has 3 aromatic rings. The molecule has 144 valence electrons. The number of nitrogens with zero attached hydrogens (tertiary/aromatic N) is 5. The molecule has 2 aromatic heterocycles. The molecule has 9 heteroatoms. The predicted octanol–water partition coefficient (Wildman–Crippen LogP) is 2.98. The molecule has 1 aromatic carbocycles. The lowest BCUT2D eigenvalue weighted by Crippen LogP contribution is -2.44. The summed E-state index contributed by atoms with van der Waals surface area (Å²) in [6, 6.07) is 5.30. The van der Waals surface area contributed by atoms with Crippen molar-refractivity contribution < 1.29 is 9.32 Å². The number of hydrogen-bond acceptors (Lipinski definition) is 6. The van der Waals surface area contributed by atoms with Gasteiger partial charge in [-0.2, -0.15) is 4.98 Å². The zero-order valence-electron chi connectivity index (χ0n) is 15.4. The zero-order valence-corrected chi connectivity index (χ0v) is 16.1. The minimum absolute atomic E-state index is 0.0130. The van der Waals surface area contributed by atoms with E-state index in [1.54, 1.807) is 18.5 Å². The average molecular weight is 399 g/mol. The maximum absolute atomic E-state index is 13.0. The third-order valence-electron chi connectivity index (χ3n) is 5.23. The lowest BCUT2D eigenvalue weighted by atomic mass is 9.97. The topological polar surface area (TPSA) is 89.1 Å². The van der Waals surface area contributed by atoms with E-state index < -0.39 is 0 Å². The second-order valence-electron chi connectivity index (χ2n) is 7.00. The second kappa shape index (κ2) is 6.72. The van der Waals surface area contributed by atoms with Gasteiger partial charge in [0, 0.05) is 11.6 Å². The molecular formula is C19H19ClN6O2. The number of carbonyl (C=O) groups excluding carboxylic acids is 1. The minimum atomic E-state index is -0.0589. The fraction of sp³-hybridized carbons (Fsp3) is 0.368. The van der Waals surface area contributed by atoms with Gasteiger partial charge in [0.25, 0.3) is 5.91 Å². The Morgan fingerprint density at radius 2 is 2.29 bits per heavy atom. The summed E-state index contributed by atoms with van der Waals surface area (Å²) in [6.07, 6.45) is 3.62. The Labute approximate surface area is 166 Å². The maximum Gasteiger partial charge on any atom is 0.256 e. The molecule has 8 nitrogen and oxygen atoms in total. The summed E-state index contributed by atoms with van der Waals surface area (Å²) in [4.78, 5) is 23.9. The highest BCUT2D eigenvalue weighted by molar-refractivity contribution is 6.31. The first-order chi connectivity index (χ1) is 13.7. The van der Waals surface area contributed by atoms with Crippen molar-refractivity contribution >= 4 is 17.5 Å². The maximum atomic E-state index is 13.0. The largest absolute Gasteiger partial charge is 0.337 e. The van der Waals surface area contributed by atoms with Crippen LogP contribution >= 0.6 is 11.6 Å². The quantitative estimate of drug-likeness (QED) is 0.664. The van der Waals surface area contributed by atoms with E-state index in [0.717, 1.165) is 30.8 Å². The van der Waals surface area contributed by atoms with E-state index in [2.05, 4.69) is 27.4 Å². The van der Waals surface area contributed by atoms with Crippen LogP contribution in [0, 0.1) is 0 Å². The van der Waals surface area contributed by atoms with Crippen molar-refractivity contribution in [2.45, 2.75) is 32.4 Å². The molecule has 2 aliphatic heterocycles. The van der Waals surface area contributed by atoms with E-state index in [1.165, 1.54) is 0 Å². The summed E-state index contributed by atoms with van der Waals surface area (Å²) in [7, 11) is 0. The summed E-state index contributed by atoms with van der Waals surface area (Å²) in [6.45, 7) is 4.21. The number of carbonyl (C=O) groups is 1. The molecule has 0 aliphatic carbocycles. The number of imidazole rings is 1. The molecule has 0 saturated carbocycles. The number of nitrogens with one attached hydrogen (secondary N) is 1. The molecule has 1 N–H and O–H groups in total. The average Bonchev–Trinajstić information content (AvgIpc) is 3.27. The smallest absolute Gasteiger partial charge is 0.256 e. The molecule has 2 aliphatic rings. The van der Waals surface area contributed by atoms with Crippen LogP contribution in [0.3, 0.4) is 0 Å². The SMILES string of the molecule is CCCNCc1nc(-c2ncn3c2[C@@H]2CCN2C(=O)c2cc(Cl)ccc2-3)no1. The van der Waals surface area contributed by atoms with Crippen molar-refractivity contribution in [3.63, 3.8) is 0 Å². The fourth-order valence-corrected chi connectivity index (χ4v) is 3.97. The van der Waals surface area contributed by atoms with Crippen molar-refractivity contribution in [3.05, 3.63) is 46.7 Å². The van der Waals surface area contributed by atoms with Crippen LogP contribution in [0.5, 0.6) is 0 Å². The number of amides is 1. The summed E-state index contributed by atoms with van der Waals surface area (Å²) in [5.74, 6) is 0.951. The van der Waals surface area contributed by atoms with E-state index in [9.17, 15) is 4.79 Å². The Morgan fingerprint density at radius 1 is 1.39 bits per heavy atom. The van der Waals surface area contributed by atoms with Gasteiger partial charge in [-0.15, -0.1) is 0 Å². The second-order valence-corrected chi connectivity index (χ2v) is 7.44. The lowest BCUT2D eigenvalue weighted by Gasteiger charge is -2.39. The molecule has 1 saturated heterocycles. The van der Waals surface area contributed by atoms with Crippen molar-refractivity contribution in [2.75, 3.05) is 13.1 Å². The van der Waals surface area contributed by atoms with Crippen LogP contribution in [0.25, 0.3) is 17.2 Å². The van der Waals surface area contributed by atoms with Crippen LogP contribution in [0.2, 0.25) is 5.02 Å². The minimum Gasteiger partial charge on any atom is -0.337 e. The van der Waals surface area contributed by atoms with Gasteiger partial charge in [0.15, 0.2) is 0 Å². The molecule has 1 amide bonds. The zero-order chi connectivity index (χ0) is 19.3. The summed E-state index contributed by atoms with van der Waals surface area (Å²) in [5.41, 5.74) is 2.91. The standard InChI is InChI=1S/C19H19ClN6O2/c1-2-6-21-9-15-23-18(24-28-15)16-17-14-5-7-25(14)19(27)12-8-11(20)3-4-13(12)26(17)10-22-16/h3-4,8,10,14,21H,2,5-7,9H2,1H3/t14-/m0/s1. The predicted molar refractivity (Wildman–Crippen MR) is 102 cm³/mol. The Balaban J connectivity index is 1.58. The monoisotopic (exact) mass is 398 g/mol. The Morgan fingerprint density at radius 3 is 3.07 bits per heavy atom. The first-order valence-corrected chi connectivity index (χ1v) is 9.77. The van der Waals surface area contributed by atoms with E-state index in [4.69, 9.17) is 16.1 Å². The third kappa shape index (κ3) is 2.63. The van der Waals surface area contributed by atoms with Crippen molar-refractivity contribution in [3.8, 4) is 17.2 Å². The molecule has 4 heterocycles. The molecule has 0 bridgehead atoms. The van der Waals surface area contributed by atoms with Crippen LogP contribution in [-0.2, 0) is 6.54 Å². The third-order valence-corrected chi connectivity index (χ3v) is 5.47. The van der Waals surface area contributed by atoms with Gasteiger partial charge in [0.1, 0.15) is 12.0 Å². The highest BCUT2D eigenvalue weighted by Crippen LogP contribution is 2.43. The first-order valence-electron chi connectivity index (χ1n) is 9.39. The first kappa shape index (κ1) is 17.4. The van der Waals surface area contributed by atoms with Gasteiger partial charge in [-0.05, 0) is 37.6 Å². The van der Waals surface area contributed by atoms with Gasteiger partial charge in [0.2, 0.25) is 11.7 Å². The van der Waals surface area contributed by atoms with Gasteiger partial charge in [-0.3, -0.25) is 9.36 Å². The van der Waals surface area contributed by atoms with Gasteiger partial charge >= 0.3 is 0 Å². The highest BCUT2D eigenvalue weighted by Gasteiger charge is 2.42. The van der Waals surface area contributed by atoms with Crippen LogP contribution in [0.1, 0.15) is 47.7 Å². The molecule has 28 heavy (non-hydrogen) atoms. The van der Waals surface area contributed by atoms with Gasteiger partial charge in [-0.1, -0.05) is 23.7 Å². The van der Waals surface area contributed by atoms with Crippen molar-refractivity contribution in [2.24, 2.45) is 0 Å². The van der Waals surface area contributed by atoms with Gasteiger partial charge < -0.3 is 14.7 Å². The molecule has 0 spiro atoms. The van der Waals surface area contributed by atoms with Crippen LogP contribution < -0.4 is 5.32 Å². The Kier molecular flexibility index (Phi) is 4.17. The van der Waals surface area contributed by atoms with Crippen LogP contribution in [-0.4, -0.2) is 43.6 Å². The molecular weight excluding hydrogens is 380 g/mol. The van der Waals surface area contributed by atoms with Crippen LogP contribution in [0.15, 0.2) is 29.0 Å². The fourth-order valence-electron chi connectivity index (χ4n) is 3.79. The number of aromatic nitrogens is 4. The molecule has 5 rings (SSSR count). The molecule has 1 fully saturated rings. The van der Waals surface area contributed by atoms with E-state index in [0.29, 0.717) is 41.1 Å². The number of fused-ring (bicyclic) bond motifs is 5. The number of hydrogen-bond donors (Lipinski definition) is 1. The highest BCUT2D eigenvalue weighted by atomic mass is 35.5. The van der Waals surface area contributed by atoms with E-state index >= 15 is 0 Å². The molecule has 1 atom stereocenters. The lowest BCUT2D eigenvalue weighted by molar-refractivity contribution is 0.0461. The van der Waals surface area contributed by atoms with Gasteiger partial charge in [0.05, 0.1) is 29.5 Å². The Hall–Kier alpha value is -2.71.